The first-order valence-corrected chi connectivity index (χ1v) is 9.32. The Labute approximate surface area is 128 Å². The molecule has 2 N–H and O–H groups in total. The van der Waals surface area contributed by atoms with Crippen LogP contribution in [-0.4, -0.2) is 27.5 Å². The number of sulfonamides is 1. The molecule has 0 aliphatic heterocycles. The predicted octanol–water partition coefficient (Wildman–Crippen LogP) is 2.45. The van der Waals surface area contributed by atoms with Crippen molar-refractivity contribution in [2.75, 3.05) is 7.05 Å². The van der Waals surface area contributed by atoms with Crippen LogP contribution in [0.1, 0.15) is 44.6 Å². The number of rotatable bonds is 6. The Morgan fingerprint density at radius 2 is 1.62 bits per heavy atom. The highest BCUT2D eigenvalue weighted by Gasteiger charge is 2.24. The molecule has 0 aromatic heterocycles. The summed E-state index contributed by atoms with van der Waals surface area (Å²) in [4.78, 5) is 0.373. The van der Waals surface area contributed by atoms with Crippen molar-refractivity contribution < 1.29 is 8.42 Å². The Kier molecular flexibility index (Phi) is 5.79. The number of hydrogen-bond acceptors (Lipinski definition) is 3. The summed E-state index contributed by atoms with van der Waals surface area (Å²) in [5.41, 5.74) is 1.19. The van der Waals surface area contributed by atoms with E-state index in [1.54, 1.807) is 12.1 Å². The number of benzene rings is 1. The van der Waals surface area contributed by atoms with Crippen molar-refractivity contribution in [3.63, 3.8) is 0 Å². The second-order valence-electron chi connectivity index (χ2n) is 5.85. The highest BCUT2D eigenvalue weighted by Crippen LogP contribution is 2.21. The molecule has 1 fully saturated rings. The average Bonchev–Trinajstić information content (AvgIpc) is 2.48. The van der Waals surface area contributed by atoms with Crippen molar-refractivity contribution >= 4 is 10.0 Å². The van der Waals surface area contributed by atoms with Crippen molar-refractivity contribution in [2.24, 2.45) is 0 Å². The quantitative estimate of drug-likeness (QED) is 0.848. The van der Waals surface area contributed by atoms with Crippen LogP contribution in [0.2, 0.25) is 0 Å². The summed E-state index contributed by atoms with van der Waals surface area (Å²) < 4.78 is 27.6. The maximum absolute atomic E-state index is 12.4. The predicted molar refractivity (Wildman–Crippen MR) is 85.9 cm³/mol. The second-order valence-corrected chi connectivity index (χ2v) is 7.57. The van der Waals surface area contributed by atoms with Crippen LogP contribution >= 0.6 is 0 Å². The van der Waals surface area contributed by atoms with Gasteiger partial charge in [0, 0.05) is 12.1 Å². The van der Waals surface area contributed by atoms with Gasteiger partial charge in [0.2, 0.25) is 10.0 Å². The lowest BCUT2D eigenvalue weighted by atomic mass is 9.92. The Morgan fingerprint density at radius 3 is 2.14 bits per heavy atom. The Bertz CT molecular complexity index is 532. The van der Waals surface area contributed by atoms with Gasteiger partial charge < -0.3 is 5.32 Å². The van der Waals surface area contributed by atoms with Gasteiger partial charge in [-0.1, -0.05) is 25.5 Å². The molecule has 5 heteroatoms. The van der Waals surface area contributed by atoms with Gasteiger partial charge in [0.25, 0.3) is 0 Å². The first-order chi connectivity index (χ1) is 10.0. The van der Waals surface area contributed by atoms with Gasteiger partial charge in [-0.05, 0) is 56.8 Å². The maximum atomic E-state index is 12.4. The molecule has 2 rings (SSSR count). The third-order valence-electron chi connectivity index (χ3n) is 4.23. The molecule has 0 heterocycles. The molecule has 1 saturated carbocycles. The van der Waals surface area contributed by atoms with Gasteiger partial charge in [-0.15, -0.1) is 0 Å². The lowest BCUT2D eigenvalue weighted by Crippen LogP contribution is -2.41. The fraction of sp³-hybridized carbons (Fsp3) is 0.625. The zero-order valence-electron chi connectivity index (χ0n) is 12.9. The number of nitrogens with one attached hydrogen (secondary N) is 2. The molecule has 4 nitrogen and oxygen atoms in total. The van der Waals surface area contributed by atoms with Crippen LogP contribution in [-0.2, 0) is 16.4 Å². The molecule has 1 aliphatic rings. The third kappa shape index (κ3) is 4.53. The van der Waals surface area contributed by atoms with Gasteiger partial charge >= 0.3 is 0 Å². The minimum Gasteiger partial charge on any atom is -0.317 e. The normalized spacial score (nSPS) is 23.1. The van der Waals surface area contributed by atoms with Crippen molar-refractivity contribution in [1.29, 1.82) is 0 Å². The fourth-order valence-electron chi connectivity index (χ4n) is 2.91. The SMILES string of the molecule is CCCc1ccc(S(=O)(=O)NC2CCC(NC)CC2)cc1. The van der Waals surface area contributed by atoms with Crippen LogP contribution in [0, 0.1) is 0 Å². The standard InChI is InChI=1S/C16H26N2O2S/c1-3-4-13-5-11-16(12-6-13)21(19,20)18-15-9-7-14(17-2)8-10-15/h5-6,11-12,14-15,17-18H,3-4,7-10H2,1-2H3. The van der Waals surface area contributed by atoms with E-state index in [9.17, 15) is 8.42 Å². The number of aryl methyl sites for hydroxylation is 1. The van der Waals surface area contributed by atoms with Crippen molar-refractivity contribution in [3.05, 3.63) is 29.8 Å². The van der Waals surface area contributed by atoms with E-state index >= 15 is 0 Å². The van der Waals surface area contributed by atoms with Gasteiger partial charge in [-0.25, -0.2) is 13.1 Å². The smallest absolute Gasteiger partial charge is 0.240 e. The Morgan fingerprint density at radius 1 is 1.05 bits per heavy atom. The topological polar surface area (TPSA) is 58.2 Å². The van der Waals surface area contributed by atoms with Crippen LogP contribution in [0.5, 0.6) is 0 Å². The second kappa shape index (κ2) is 7.38. The minimum absolute atomic E-state index is 0.0647. The van der Waals surface area contributed by atoms with E-state index in [0.717, 1.165) is 38.5 Å². The van der Waals surface area contributed by atoms with E-state index in [2.05, 4.69) is 17.0 Å². The zero-order valence-corrected chi connectivity index (χ0v) is 13.7. The van der Waals surface area contributed by atoms with Crippen molar-refractivity contribution in [3.8, 4) is 0 Å². The lowest BCUT2D eigenvalue weighted by Gasteiger charge is -2.28. The summed E-state index contributed by atoms with van der Waals surface area (Å²) in [7, 11) is -1.42. The first-order valence-electron chi connectivity index (χ1n) is 7.83. The summed E-state index contributed by atoms with van der Waals surface area (Å²) in [5, 5.41) is 3.26. The minimum atomic E-state index is -3.39. The summed E-state index contributed by atoms with van der Waals surface area (Å²) in [6.45, 7) is 2.12. The van der Waals surface area contributed by atoms with Crippen LogP contribution in [0.3, 0.4) is 0 Å². The van der Waals surface area contributed by atoms with Crippen LogP contribution in [0.4, 0.5) is 0 Å². The van der Waals surface area contributed by atoms with Crippen LogP contribution in [0.15, 0.2) is 29.2 Å². The van der Waals surface area contributed by atoms with E-state index in [-0.39, 0.29) is 6.04 Å². The van der Waals surface area contributed by atoms with E-state index in [1.165, 1.54) is 5.56 Å². The van der Waals surface area contributed by atoms with Crippen LogP contribution < -0.4 is 10.0 Å². The molecule has 1 aromatic carbocycles. The van der Waals surface area contributed by atoms with Crippen molar-refractivity contribution in [2.45, 2.75) is 62.4 Å². The van der Waals surface area contributed by atoms with Gasteiger partial charge in [0.05, 0.1) is 4.90 Å². The molecular weight excluding hydrogens is 284 g/mol. The van der Waals surface area contributed by atoms with Gasteiger partial charge in [0.1, 0.15) is 0 Å². The highest BCUT2D eigenvalue weighted by atomic mass is 32.2. The van der Waals surface area contributed by atoms with E-state index in [1.807, 2.05) is 19.2 Å². The monoisotopic (exact) mass is 310 g/mol. The summed E-state index contributed by atoms with van der Waals surface area (Å²) in [6, 6.07) is 7.85. The molecule has 0 spiro atoms. The average molecular weight is 310 g/mol. The van der Waals surface area contributed by atoms with Gasteiger partial charge in [-0.3, -0.25) is 0 Å². The first kappa shape index (κ1) is 16.5. The van der Waals surface area contributed by atoms with E-state index in [4.69, 9.17) is 0 Å². The highest BCUT2D eigenvalue weighted by molar-refractivity contribution is 7.89. The summed E-state index contributed by atoms with van der Waals surface area (Å²) in [6.07, 6.45) is 5.91. The third-order valence-corrected chi connectivity index (χ3v) is 5.77. The lowest BCUT2D eigenvalue weighted by molar-refractivity contribution is 0.343. The molecule has 21 heavy (non-hydrogen) atoms. The molecule has 0 bridgehead atoms. The molecule has 1 aromatic rings. The van der Waals surface area contributed by atoms with Crippen molar-refractivity contribution in [1.82, 2.24) is 10.0 Å². The van der Waals surface area contributed by atoms with E-state index in [0.29, 0.717) is 10.9 Å². The number of hydrogen-bond donors (Lipinski definition) is 2. The molecular formula is C16H26N2O2S. The molecule has 0 amide bonds. The largest absolute Gasteiger partial charge is 0.317 e. The Balaban J connectivity index is 1.98. The molecule has 0 unspecified atom stereocenters. The maximum Gasteiger partial charge on any atom is 0.240 e. The fourth-order valence-corrected chi connectivity index (χ4v) is 4.22. The zero-order chi connectivity index (χ0) is 15.3. The van der Waals surface area contributed by atoms with Crippen LogP contribution in [0.25, 0.3) is 0 Å². The molecule has 118 valence electrons. The van der Waals surface area contributed by atoms with Gasteiger partial charge in [-0.2, -0.15) is 0 Å². The van der Waals surface area contributed by atoms with Gasteiger partial charge in [0.15, 0.2) is 0 Å². The summed E-state index contributed by atoms with van der Waals surface area (Å²) >= 11 is 0. The molecule has 1 aliphatic carbocycles. The summed E-state index contributed by atoms with van der Waals surface area (Å²) in [5.74, 6) is 0. The van der Waals surface area contributed by atoms with E-state index < -0.39 is 10.0 Å². The molecule has 0 saturated heterocycles. The molecule has 0 radical (unpaired) electrons. The Hall–Kier alpha value is -0.910. The molecule has 0 atom stereocenters.